The van der Waals surface area contributed by atoms with Crippen LogP contribution in [-0.4, -0.2) is 11.7 Å². The maximum absolute atomic E-state index is 10.1. The third kappa shape index (κ3) is 1.70. The average Bonchev–Trinajstić information content (AvgIpc) is 2.23. The van der Waals surface area contributed by atoms with E-state index >= 15 is 0 Å². The Hall–Kier alpha value is -0.730. The highest BCUT2D eigenvalue weighted by molar-refractivity contribution is 6.32. The van der Waals surface area contributed by atoms with Crippen LogP contribution in [0.25, 0.3) is 0 Å². The van der Waals surface area contributed by atoms with Gasteiger partial charge in [0.25, 0.3) is 0 Å². The third-order valence-corrected chi connectivity index (χ3v) is 4.09. The van der Waals surface area contributed by atoms with Crippen molar-refractivity contribution in [3.8, 4) is 5.75 Å². The summed E-state index contributed by atoms with van der Waals surface area (Å²) in [5.74, 6) is 0.226. The van der Waals surface area contributed by atoms with Crippen molar-refractivity contribution in [2.24, 2.45) is 5.73 Å². The molecule has 88 valence electrons. The van der Waals surface area contributed by atoms with Crippen LogP contribution in [0, 0.1) is 0 Å². The van der Waals surface area contributed by atoms with Crippen LogP contribution in [0.5, 0.6) is 5.75 Å². The number of hydrogen-bond donors (Lipinski definition) is 2. The first-order valence-corrected chi connectivity index (χ1v) is 6.22. The molecule has 0 bridgehead atoms. The van der Waals surface area contributed by atoms with Gasteiger partial charge in [0.1, 0.15) is 5.75 Å². The van der Waals surface area contributed by atoms with Gasteiger partial charge in [-0.05, 0) is 30.9 Å². The second kappa shape index (κ2) is 4.27. The second-order valence-electron chi connectivity index (χ2n) is 4.67. The maximum Gasteiger partial charge on any atom is 0.137 e. The molecular formula is C13H18ClNO. The normalized spacial score (nSPS) is 18.2. The lowest BCUT2D eigenvalue weighted by Crippen LogP contribution is -2.41. The van der Waals surface area contributed by atoms with Gasteiger partial charge in [-0.15, -0.1) is 0 Å². The van der Waals surface area contributed by atoms with E-state index in [1.807, 2.05) is 6.07 Å². The molecule has 0 unspecified atom stereocenters. The lowest BCUT2D eigenvalue weighted by atomic mass is 9.64. The molecule has 0 heterocycles. The molecular weight excluding hydrogens is 222 g/mol. The SMILES string of the molecule is CCc1cc(Cl)c(O)c(C2(CN)CCC2)c1. The van der Waals surface area contributed by atoms with Crippen molar-refractivity contribution in [1.29, 1.82) is 0 Å². The first-order valence-electron chi connectivity index (χ1n) is 5.85. The molecule has 3 heteroatoms. The van der Waals surface area contributed by atoms with Gasteiger partial charge in [-0.2, -0.15) is 0 Å². The van der Waals surface area contributed by atoms with Crippen LogP contribution in [0.2, 0.25) is 5.02 Å². The van der Waals surface area contributed by atoms with Crippen molar-refractivity contribution >= 4 is 11.6 Å². The summed E-state index contributed by atoms with van der Waals surface area (Å²) in [6, 6.07) is 3.90. The number of hydrogen-bond acceptors (Lipinski definition) is 2. The lowest BCUT2D eigenvalue weighted by molar-refractivity contribution is 0.245. The molecule has 3 N–H and O–H groups in total. The van der Waals surface area contributed by atoms with E-state index in [1.165, 1.54) is 6.42 Å². The highest BCUT2D eigenvalue weighted by Crippen LogP contribution is 2.48. The van der Waals surface area contributed by atoms with Crippen LogP contribution >= 0.6 is 11.6 Å². The molecule has 16 heavy (non-hydrogen) atoms. The van der Waals surface area contributed by atoms with E-state index in [1.54, 1.807) is 0 Å². The zero-order chi connectivity index (χ0) is 11.8. The fourth-order valence-corrected chi connectivity index (χ4v) is 2.69. The number of aryl methyl sites for hydroxylation is 1. The topological polar surface area (TPSA) is 46.2 Å². The largest absolute Gasteiger partial charge is 0.506 e. The Morgan fingerprint density at radius 3 is 2.56 bits per heavy atom. The van der Waals surface area contributed by atoms with Crippen LogP contribution in [-0.2, 0) is 11.8 Å². The predicted molar refractivity (Wildman–Crippen MR) is 67.1 cm³/mol. The molecule has 2 rings (SSSR count). The molecule has 2 nitrogen and oxygen atoms in total. The van der Waals surface area contributed by atoms with Gasteiger partial charge in [0, 0.05) is 17.5 Å². The van der Waals surface area contributed by atoms with Gasteiger partial charge >= 0.3 is 0 Å². The molecule has 0 aliphatic heterocycles. The molecule has 0 aromatic heterocycles. The summed E-state index contributed by atoms with van der Waals surface area (Å²) >= 11 is 6.05. The standard InChI is InChI=1S/C13H18ClNO/c1-2-9-6-10(12(16)11(14)7-9)13(8-15)4-3-5-13/h6-7,16H,2-5,8,15H2,1H3. The van der Waals surface area contributed by atoms with E-state index in [4.69, 9.17) is 17.3 Å². The lowest BCUT2D eigenvalue weighted by Gasteiger charge is -2.42. The fraction of sp³-hybridized carbons (Fsp3) is 0.538. The summed E-state index contributed by atoms with van der Waals surface area (Å²) < 4.78 is 0. The summed E-state index contributed by atoms with van der Waals surface area (Å²) in [6.07, 6.45) is 4.22. The van der Waals surface area contributed by atoms with Crippen molar-refractivity contribution in [3.63, 3.8) is 0 Å². The molecule has 1 saturated carbocycles. The van der Waals surface area contributed by atoms with E-state index in [9.17, 15) is 5.11 Å². The van der Waals surface area contributed by atoms with Gasteiger partial charge in [0.05, 0.1) is 5.02 Å². The molecule has 0 radical (unpaired) electrons. The summed E-state index contributed by atoms with van der Waals surface area (Å²) in [5.41, 5.74) is 7.94. The third-order valence-electron chi connectivity index (χ3n) is 3.80. The number of benzene rings is 1. The molecule has 1 aliphatic carbocycles. The van der Waals surface area contributed by atoms with Crippen LogP contribution < -0.4 is 5.73 Å². The zero-order valence-electron chi connectivity index (χ0n) is 9.59. The van der Waals surface area contributed by atoms with Crippen molar-refractivity contribution in [3.05, 3.63) is 28.3 Å². The minimum absolute atomic E-state index is 0.0289. The second-order valence-corrected chi connectivity index (χ2v) is 5.07. The monoisotopic (exact) mass is 239 g/mol. The van der Waals surface area contributed by atoms with E-state index in [0.29, 0.717) is 11.6 Å². The first kappa shape index (κ1) is 11.7. The Balaban J connectivity index is 2.50. The molecule has 1 aromatic rings. The quantitative estimate of drug-likeness (QED) is 0.852. The van der Waals surface area contributed by atoms with Crippen LogP contribution in [0.15, 0.2) is 12.1 Å². The van der Waals surface area contributed by atoms with Crippen LogP contribution in [0.3, 0.4) is 0 Å². The molecule has 1 aliphatic rings. The summed E-state index contributed by atoms with van der Waals surface area (Å²) in [7, 11) is 0. The summed E-state index contributed by atoms with van der Waals surface area (Å²) in [4.78, 5) is 0. The Morgan fingerprint density at radius 2 is 2.12 bits per heavy atom. The highest BCUT2D eigenvalue weighted by atomic mass is 35.5. The number of phenolic OH excluding ortho intramolecular Hbond substituents is 1. The van der Waals surface area contributed by atoms with Gasteiger partial charge in [0.15, 0.2) is 0 Å². The van der Waals surface area contributed by atoms with Crippen molar-refractivity contribution in [2.75, 3.05) is 6.54 Å². The summed E-state index contributed by atoms with van der Waals surface area (Å²) in [5, 5.41) is 10.5. The van der Waals surface area contributed by atoms with Crippen molar-refractivity contribution in [2.45, 2.75) is 38.0 Å². The molecule has 1 aromatic carbocycles. The Kier molecular flexibility index (Phi) is 3.13. The minimum atomic E-state index is -0.0289. The predicted octanol–water partition coefficient (Wildman–Crippen LogP) is 2.99. The van der Waals surface area contributed by atoms with E-state index in [-0.39, 0.29) is 11.2 Å². The number of rotatable bonds is 3. The van der Waals surface area contributed by atoms with E-state index < -0.39 is 0 Å². The van der Waals surface area contributed by atoms with Gasteiger partial charge < -0.3 is 10.8 Å². The smallest absolute Gasteiger partial charge is 0.137 e. The van der Waals surface area contributed by atoms with Gasteiger partial charge in [-0.1, -0.05) is 31.0 Å². The number of halogens is 1. The average molecular weight is 240 g/mol. The Morgan fingerprint density at radius 1 is 1.44 bits per heavy atom. The fourth-order valence-electron chi connectivity index (χ4n) is 2.45. The van der Waals surface area contributed by atoms with E-state index in [2.05, 4.69) is 13.0 Å². The molecule has 1 fully saturated rings. The molecule has 0 saturated heterocycles. The zero-order valence-corrected chi connectivity index (χ0v) is 10.3. The highest BCUT2D eigenvalue weighted by Gasteiger charge is 2.39. The van der Waals surface area contributed by atoms with Crippen LogP contribution in [0.4, 0.5) is 0 Å². The van der Waals surface area contributed by atoms with Gasteiger partial charge in [0.2, 0.25) is 0 Å². The maximum atomic E-state index is 10.1. The first-order chi connectivity index (χ1) is 7.63. The Labute approximate surface area is 101 Å². The Bertz CT molecular complexity index is 394. The molecule has 0 spiro atoms. The molecule has 0 atom stereocenters. The number of nitrogens with two attached hydrogens (primary N) is 1. The van der Waals surface area contributed by atoms with Crippen molar-refractivity contribution < 1.29 is 5.11 Å². The number of phenols is 1. The minimum Gasteiger partial charge on any atom is -0.506 e. The van der Waals surface area contributed by atoms with Gasteiger partial charge in [-0.3, -0.25) is 0 Å². The number of aromatic hydroxyl groups is 1. The summed E-state index contributed by atoms with van der Waals surface area (Å²) in [6.45, 7) is 2.67. The van der Waals surface area contributed by atoms with Crippen LogP contribution in [0.1, 0.15) is 37.3 Å². The van der Waals surface area contributed by atoms with Crippen molar-refractivity contribution in [1.82, 2.24) is 0 Å². The molecule has 0 amide bonds. The van der Waals surface area contributed by atoms with E-state index in [0.717, 1.165) is 30.4 Å². The van der Waals surface area contributed by atoms with Gasteiger partial charge in [-0.25, -0.2) is 0 Å².